The summed E-state index contributed by atoms with van der Waals surface area (Å²) in [6.07, 6.45) is 0.830. The highest BCUT2D eigenvalue weighted by Crippen LogP contribution is 2.35. The molecule has 0 saturated carbocycles. The molecule has 1 amide bonds. The lowest BCUT2D eigenvalue weighted by atomic mass is 10.1. The maximum atomic E-state index is 12.9. The van der Waals surface area contributed by atoms with E-state index in [1.54, 1.807) is 26.4 Å². The van der Waals surface area contributed by atoms with Gasteiger partial charge in [0, 0.05) is 17.4 Å². The molecule has 140 valence electrons. The van der Waals surface area contributed by atoms with Gasteiger partial charge in [-0.15, -0.1) is 11.3 Å². The normalized spacial score (nSPS) is 10.5. The van der Waals surface area contributed by atoms with Crippen LogP contribution in [0.4, 0.5) is 9.52 Å². The lowest BCUT2D eigenvalue weighted by Gasteiger charge is -2.08. The Morgan fingerprint density at radius 1 is 1.15 bits per heavy atom. The Morgan fingerprint density at radius 2 is 1.93 bits per heavy atom. The summed E-state index contributed by atoms with van der Waals surface area (Å²) in [5.41, 5.74) is 2.40. The maximum absolute atomic E-state index is 12.9. The molecular weight excluding hydrogens is 367 g/mol. The summed E-state index contributed by atoms with van der Waals surface area (Å²) in [6.45, 7) is 0. The topological polar surface area (TPSA) is 60.5 Å². The van der Waals surface area contributed by atoms with Crippen LogP contribution in [0.25, 0.3) is 11.3 Å². The third-order valence-electron chi connectivity index (χ3n) is 3.99. The van der Waals surface area contributed by atoms with E-state index in [0.717, 1.165) is 11.1 Å². The minimum atomic E-state index is -0.286. The molecule has 7 heteroatoms. The number of benzene rings is 2. The molecule has 0 fully saturated rings. The first kappa shape index (κ1) is 18.8. The Labute approximate surface area is 160 Å². The molecule has 3 rings (SSSR count). The molecule has 0 spiro atoms. The van der Waals surface area contributed by atoms with Crippen LogP contribution in [0.15, 0.2) is 47.8 Å². The van der Waals surface area contributed by atoms with Crippen LogP contribution in [0.3, 0.4) is 0 Å². The molecule has 3 aromatic rings. The van der Waals surface area contributed by atoms with E-state index in [4.69, 9.17) is 9.47 Å². The number of anilines is 1. The van der Waals surface area contributed by atoms with Gasteiger partial charge in [0.2, 0.25) is 5.91 Å². The van der Waals surface area contributed by atoms with Crippen LogP contribution in [0, 0.1) is 5.82 Å². The number of nitrogens with zero attached hydrogens (tertiary/aromatic N) is 1. The van der Waals surface area contributed by atoms with E-state index in [1.807, 2.05) is 23.6 Å². The number of rotatable bonds is 7. The number of amides is 1. The van der Waals surface area contributed by atoms with E-state index >= 15 is 0 Å². The Bertz CT molecular complexity index is 925. The largest absolute Gasteiger partial charge is 0.497 e. The van der Waals surface area contributed by atoms with Gasteiger partial charge in [0.25, 0.3) is 0 Å². The monoisotopic (exact) mass is 386 g/mol. The molecule has 1 aromatic heterocycles. The number of carbonyl (C=O) groups is 1. The molecule has 5 nitrogen and oxygen atoms in total. The van der Waals surface area contributed by atoms with Gasteiger partial charge in [-0.2, -0.15) is 0 Å². The van der Waals surface area contributed by atoms with Crippen LogP contribution in [-0.2, 0) is 11.2 Å². The van der Waals surface area contributed by atoms with Gasteiger partial charge >= 0.3 is 0 Å². The van der Waals surface area contributed by atoms with Gasteiger partial charge in [0.1, 0.15) is 17.3 Å². The van der Waals surface area contributed by atoms with Crippen molar-refractivity contribution in [2.45, 2.75) is 12.8 Å². The number of carbonyl (C=O) groups excluding carboxylic acids is 1. The molecule has 1 N–H and O–H groups in total. The van der Waals surface area contributed by atoms with Crippen LogP contribution >= 0.6 is 11.3 Å². The van der Waals surface area contributed by atoms with Gasteiger partial charge in [-0.05, 0) is 42.3 Å². The number of halogens is 1. The van der Waals surface area contributed by atoms with Crippen LogP contribution in [0.5, 0.6) is 11.5 Å². The Balaban J connectivity index is 1.65. The third-order valence-corrected chi connectivity index (χ3v) is 4.74. The molecular formula is C20H19FN2O3S. The fourth-order valence-corrected chi connectivity index (χ4v) is 3.29. The molecule has 0 aliphatic heterocycles. The number of hydrogen-bond donors (Lipinski definition) is 1. The average molecular weight is 386 g/mol. The summed E-state index contributed by atoms with van der Waals surface area (Å²) in [7, 11) is 3.19. The van der Waals surface area contributed by atoms with Gasteiger partial charge in [-0.3, -0.25) is 4.79 Å². The average Bonchev–Trinajstić information content (AvgIpc) is 3.15. The molecule has 0 unspecified atom stereocenters. The number of aromatic nitrogens is 1. The fraction of sp³-hybridized carbons (Fsp3) is 0.200. The summed E-state index contributed by atoms with van der Waals surface area (Å²) >= 11 is 1.34. The number of methoxy groups -OCH3 is 2. The van der Waals surface area contributed by atoms with Crippen LogP contribution in [-0.4, -0.2) is 25.1 Å². The summed E-state index contributed by atoms with van der Waals surface area (Å²) in [6, 6.07) is 11.6. The van der Waals surface area contributed by atoms with Crippen molar-refractivity contribution in [3.8, 4) is 22.8 Å². The molecule has 0 aliphatic rings. The highest BCUT2D eigenvalue weighted by molar-refractivity contribution is 7.14. The Hall–Kier alpha value is -2.93. The van der Waals surface area contributed by atoms with Gasteiger partial charge in [0.15, 0.2) is 5.13 Å². The zero-order valence-corrected chi connectivity index (χ0v) is 15.8. The van der Waals surface area contributed by atoms with Crippen molar-refractivity contribution in [1.82, 2.24) is 4.98 Å². The van der Waals surface area contributed by atoms with E-state index in [2.05, 4.69) is 10.3 Å². The van der Waals surface area contributed by atoms with Crippen molar-refractivity contribution in [2.75, 3.05) is 19.5 Å². The van der Waals surface area contributed by atoms with Gasteiger partial charge in [-0.1, -0.05) is 12.1 Å². The number of aryl methyl sites for hydroxylation is 1. The Morgan fingerprint density at radius 3 is 2.63 bits per heavy atom. The first-order valence-corrected chi connectivity index (χ1v) is 9.19. The molecule has 1 heterocycles. The standard InChI is InChI=1S/C20H19FN2O3S/c1-25-15-8-9-18(26-2)16(11-15)17-12-27-20(22-17)23-19(24)10-5-13-3-6-14(21)7-4-13/h3-4,6-9,11-12H,5,10H2,1-2H3,(H,22,23,24). The molecule has 0 bridgehead atoms. The zero-order valence-electron chi connectivity index (χ0n) is 15.0. The van der Waals surface area contributed by atoms with E-state index in [9.17, 15) is 9.18 Å². The number of thiazole rings is 1. The zero-order chi connectivity index (χ0) is 19.2. The Kier molecular flexibility index (Phi) is 6.03. The predicted molar refractivity (Wildman–Crippen MR) is 104 cm³/mol. The molecule has 0 atom stereocenters. The van der Waals surface area contributed by atoms with Crippen molar-refractivity contribution in [3.63, 3.8) is 0 Å². The second-order valence-electron chi connectivity index (χ2n) is 5.78. The maximum Gasteiger partial charge on any atom is 0.226 e. The molecule has 0 aliphatic carbocycles. The quantitative estimate of drug-likeness (QED) is 0.648. The van der Waals surface area contributed by atoms with Crippen molar-refractivity contribution < 1.29 is 18.7 Å². The van der Waals surface area contributed by atoms with Crippen LogP contribution < -0.4 is 14.8 Å². The molecule has 27 heavy (non-hydrogen) atoms. The van der Waals surface area contributed by atoms with Gasteiger partial charge in [-0.25, -0.2) is 9.37 Å². The van der Waals surface area contributed by atoms with Crippen LogP contribution in [0.2, 0.25) is 0 Å². The SMILES string of the molecule is COc1ccc(OC)c(-c2csc(NC(=O)CCc3ccc(F)cc3)n2)c1. The van der Waals surface area contributed by atoms with Crippen molar-refractivity contribution in [3.05, 3.63) is 59.2 Å². The van der Waals surface area contributed by atoms with Crippen LogP contribution in [0.1, 0.15) is 12.0 Å². The van der Waals surface area contributed by atoms with E-state index < -0.39 is 0 Å². The van der Waals surface area contributed by atoms with Crippen molar-refractivity contribution in [1.29, 1.82) is 0 Å². The van der Waals surface area contributed by atoms with Gasteiger partial charge in [0.05, 0.1) is 19.9 Å². The summed E-state index contributed by atoms with van der Waals surface area (Å²) in [4.78, 5) is 16.6. The minimum absolute atomic E-state index is 0.141. The summed E-state index contributed by atoms with van der Waals surface area (Å²) < 4.78 is 23.6. The first-order valence-electron chi connectivity index (χ1n) is 8.31. The van der Waals surface area contributed by atoms with Gasteiger partial charge < -0.3 is 14.8 Å². The van der Waals surface area contributed by atoms with Crippen molar-refractivity contribution >= 4 is 22.4 Å². The first-order chi connectivity index (χ1) is 13.1. The predicted octanol–water partition coefficient (Wildman–Crippen LogP) is 4.54. The highest BCUT2D eigenvalue weighted by Gasteiger charge is 2.13. The molecule has 2 aromatic carbocycles. The highest BCUT2D eigenvalue weighted by atomic mass is 32.1. The second kappa shape index (κ2) is 8.64. The smallest absolute Gasteiger partial charge is 0.226 e. The molecule has 0 radical (unpaired) electrons. The van der Waals surface area contributed by atoms with E-state index in [1.165, 1.54) is 23.5 Å². The number of ether oxygens (including phenoxy) is 2. The number of hydrogen-bond acceptors (Lipinski definition) is 5. The van der Waals surface area contributed by atoms with Crippen molar-refractivity contribution in [2.24, 2.45) is 0 Å². The summed E-state index contributed by atoms with van der Waals surface area (Å²) in [5.74, 6) is 0.947. The third kappa shape index (κ3) is 4.83. The minimum Gasteiger partial charge on any atom is -0.497 e. The van der Waals surface area contributed by atoms with E-state index in [0.29, 0.717) is 35.2 Å². The fourth-order valence-electron chi connectivity index (χ4n) is 2.56. The number of nitrogens with one attached hydrogen (secondary N) is 1. The lowest BCUT2D eigenvalue weighted by molar-refractivity contribution is -0.116. The van der Waals surface area contributed by atoms with E-state index in [-0.39, 0.29) is 11.7 Å². The molecule has 0 saturated heterocycles. The lowest BCUT2D eigenvalue weighted by Crippen LogP contribution is -2.12. The second-order valence-corrected chi connectivity index (χ2v) is 6.64. The summed E-state index contributed by atoms with van der Waals surface area (Å²) in [5, 5.41) is 5.17.